The molecule has 0 saturated carbocycles. The summed E-state index contributed by atoms with van der Waals surface area (Å²) in [6, 6.07) is 25.1. The molecule has 0 unspecified atom stereocenters. The molecule has 0 radical (unpaired) electrons. The van der Waals surface area contributed by atoms with Crippen LogP contribution in [0.4, 0.5) is 5.69 Å². The molecule has 3 aromatic carbocycles. The van der Waals surface area contributed by atoms with Gasteiger partial charge in [0.25, 0.3) is 0 Å². The number of thioether (sulfide) groups is 1. The number of aromatic nitrogens is 1. The fraction of sp³-hybridized carbons (Fsp3) is 0.0800. The van der Waals surface area contributed by atoms with Gasteiger partial charge >= 0.3 is 0 Å². The first kappa shape index (κ1) is 21.8. The molecule has 0 aliphatic rings. The van der Waals surface area contributed by atoms with Crippen LogP contribution < -0.4 is 10.6 Å². The molecule has 7 heteroatoms. The molecule has 0 fully saturated rings. The molecule has 32 heavy (non-hydrogen) atoms. The molecule has 0 aliphatic carbocycles. The van der Waals surface area contributed by atoms with Crippen molar-refractivity contribution >= 4 is 56.9 Å². The third-order valence-corrected chi connectivity index (χ3v) is 6.68. The second-order valence-electron chi connectivity index (χ2n) is 6.95. The molecule has 2 N–H and O–H groups in total. The molecule has 0 atom stereocenters. The zero-order valence-corrected chi connectivity index (χ0v) is 18.8. The Morgan fingerprint density at radius 3 is 2.50 bits per heavy atom. The van der Waals surface area contributed by atoms with Crippen molar-refractivity contribution in [2.75, 3.05) is 11.1 Å². The Hall–Kier alpha value is -3.42. The van der Waals surface area contributed by atoms with E-state index < -0.39 is 0 Å². The van der Waals surface area contributed by atoms with Gasteiger partial charge in [-0.3, -0.25) is 9.59 Å². The van der Waals surface area contributed by atoms with E-state index in [1.807, 2.05) is 78.9 Å². The summed E-state index contributed by atoms with van der Waals surface area (Å²) in [5, 5.41) is 5.80. The van der Waals surface area contributed by atoms with Crippen molar-refractivity contribution in [1.29, 1.82) is 0 Å². The third kappa shape index (κ3) is 6.29. The Labute approximate surface area is 194 Å². The van der Waals surface area contributed by atoms with Crippen molar-refractivity contribution in [3.05, 3.63) is 96.1 Å². The number of carbonyl (C=O) groups is 2. The summed E-state index contributed by atoms with van der Waals surface area (Å²) in [6.07, 6.45) is 3.29. The number of thiazole rings is 1. The van der Waals surface area contributed by atoms with E-state index in [2.05, 4.69) is 15.6 Å². The lowest BCUT2D eigenvalue weighted by molar-refractivity contribution is -0.118. The topological polar surface area (TPSA) is 71.1 Å². The summed E-state index contributed by atoms with van der Waals surface area (Å²) in [5.41, 5.74) is 3.59. The third-order valence-electron chi connectivity index (χ3n) is 4.52. The molecule has 4 rings (SSSR count). The lowest BCUT2D eigenvalue weighted by Gasteiger charge is -2.03. The maximum Gasteiger partial charge on any atom is 0.248 e. The van der Waals surface area contributed by atoms with Crippen LogP contribution in [0.1, 0.15) is 11.1 Å². The summed E-state index contributed by atoms with van der Waals surface area (Å²) in [7, 11) is 0. The lowest BCUT2D eigenvalue weighted by atomic mass is 10.2. The van der Waals surface area contributed by atoms with Crippen molar-refractivity contribution in [2.24, 2.45) is 0 Å². The van der Waals surface area contributed by atoms with E-state index in [1.165, 1.54) is 29.2 Å². The van der Waals surface area contributed by atoms with Crippen molar-refractivity contribution in [3.63, 3.8) is 0 Å². The monoisotopic (exact) mass is 459 g/mol. The molecule has 0 saturated heterocycles. The number of nitrogens with one attached hydrogen (secondary N) is 2. The highest BCUT2D eigenvalue weighted by atomic mass is 32.2. The summed E-state index contributed by atoms with van der Waals surface area (Å²) in [4.78, 5) is 28.9. The molecule has 2 amide bonds. The van der Waals surface area contributed by atoms with Crippen molar-refractivity contribution in [3.8, 4) is 0 Å². The number of rotatable bonds is 8. The fourth-order valence-corrected chi connectivity index (χ4v) is 4.88. The van der Waals surface area contributed by atoms with Gasteiger partial charge in [-0.2, -0.15) is 0 Å². The average molecular weight is 460 g/mol. The van der Waals surface area contributed by atoms with Crippen LogP contribution >= 0.6 is 23.1 Å². The maximum atomic E-state index is 12.2. The van der Waals surface area contributed by atoms with Gasteiger partial charge in [0.2, 0.25) is 11.8 Å². The number of anilines is 1. The van der Waals surface area contributed by atoms with Crippen molar-refractivity contribution in [2.45, 2.75) is 10.9 Å². The summed E-state index contributed by atoms with van der Waals surface area (Å²) in [6.45, 7) is 0.516. The van der Waals surface area contributed by atoms with E-state index in [4.69, 9.17) is 0 Å². The van der Waals surface area contributed by atoms with Crippen molar-refractivity contribution < 1.29 is 9.59 Å². The molecule has 4 aromatic rings. The zero-order valence-electron chi connectivity index (χ0n) is 17.2. The first-order valence-electron chi connectivity index (χ1n) is 10.0. The van der Waals surface area contributed by atoms with Crippen LogP contribution in [0.15, 0.2) is 89.3 Å². The highest BCUT2D eigenvalue weighted by Crippen LogP contribution is 2.31. The predicted molar refractivity (Wildman–Crippen MR) is 133 cm³/mol. The van der Waals surface area contributed by atoms with Crippen LogP contribution in [0.2, 0.25) is 0 Å². The number of fused-ring (bicyclic) bond motifs is 1. The molecule has 0 aliphatic heterocycles. The van der Waals surface area contributed by atoms with Gasteiger partial charge in [-0.05, 0) is 35.4 Å². The number of nitrogens with zero attached hydrogens (tertiary/aromatic N) is 1. The van der Waals surface area contributed by atoms with E-state index in [0.717, 1.165) is 25.7 Å². The van der Waals surface area contributed by atoms with Crippen LogP contribution in [-0.2, 0) is 16.1 Å². The van der Waals surface area contributed by atoms with Gasteiger partial charge in [0, 0.05) is 18.3 Å². The van der Waals surface area contributed by atoms with Gasteiger partial charge in [-0.15, -0.1) is 11.3 Å². The van der Waals surface area contributed by atoms with Crippen LogP contribution in [0.25, 0.3) is 16.3 Å². The molecule has 5 nitrogen and oxygen atoms in total. The highest BCUT2D eigenvalue weighted by Gasteiger charge is 2.09. The average Bonchev–Trinajstić information content (AvgIpc) is 3.24. The number of carbonyl (C=O) groups excluding carboxylic acids is 2. The van der Waals surface area contributed by atoms with E-state index >= 15 is 0 Å². The van der Waals surface area contributed by atoms with Gasteiger partial charge in [-0.1, -0.05) is 72.4 Å². The van der Waals surface area contributed by atoms with E-state index in [1.54, 1.807) is 6.08 Å². The second-order valence-corrected chi connectivity index (χ2v) is 9.20. The standard InChI is InChI=1S/C25H21N3O2S2/c29-23(14-11-18-7-3-1-4-8-18)27-20-12-13-21-22(15-20)32-25(28-21)31-17-24(30)26-16-19-9-5-2-6-10-19/h1-15H,16-17H2,(H,26,30)(H,27,29). The normalized spacial score (nSPS) is 11.0. The van der Waals surface area contributed by atoms with E-state index in [-0.39, 0.29) is 11.8 Å². The molecule has 1 aromatic heterocycles. The smallest absolute Gasteiger partial charge is 0.248 e. The van der Waals surface area contributed by atoms with Gasteiger partial charge in [0.1, 0.15) is 0 Å². The SMILES string of the molecule is O=C(C=Cc1ccccc1)Nc1ccc2nc(SCC(=O)NCc3ccccc3)sc2c1. The number of benzene rings is 3. The minimum absolute atomic E-state index is 0.0312. The number of hydrogen-bond acceptors (Lipinski definition) is 5. The minimum Gasteiger partial charge on any atom is -0.351 e. The van der Waals surface area contributed by atoms with Gasteiger partial charge in [0.15, 0.2) is 4.34 Å². The van der Waals surface area contributed by atoms with Crippen LogP contribution in [-0.4, -0.2) is 22.6 Å². The van der Waals surface area contributed by atoms with Crippen LogP contribution in [0.3, 0.4) is 0 Å². The minimum atomic E-state index is -0.192. The predicted octanol–water partition coefficient (Wildman–Crippen LogP) is 5.36. The molecule has 0 bridgehead atoms. The van der Waals surface area contributed by atoms with Crippen LogP contribution in [0.5, 0.6) is 0 Å². The number of amides is 2. The largest absolute Gasteiger partial charge is 0.351 e. The first-order valence-corrected chi connectivity index (χ1v) is 11.8. The maximum absolute atomic E-state index is 12.2. The van der Waals surface area contributed by atoms with E-state index in [0.29, 0.717) is 18.0 Å². The summed E-state index contributed by atoms with van der Waals surface area (Å²) < 4.78 is 1.78. The quantitative estimate of drug-likeness (QED) is 0.275. The molecule has 0 spiro atoms. The number of hydrogen-bond donors (Lipinski definition) is 2. The van der Waals surface area contributed by atoms with Gasteiger partial charge < -0.3 is 10.6 Å². The molecule has 1 heterocycles. The fourth-order valence-electron chi connectivity index (χ4n) is 2.94. The Morgan fingerprint density at radius 1 is 0.969 bits per heavy atom. The van der Waals surface area contributed by atoms with Gasteiger partial charge in [0.05, 0.1) is 16.0 Å². The lowest BCUT2D eigenvalue weighted by Crippen LogP contribution is -2.24. The Balaban J connectivity index is 1.31. The molecular formula is C25H21N3O2S2. The Bertz CT molecular complexity index is 1240. The summed E-state index contributed by atoms with van der Waals surface area (Å²) in [5.74, 6) is 0.0826. The molecule has 160 valence electrons. The Morgan fingerprint density at radius 2 is 1.72 bits per heavy atom. The Kier molecular flexibility index (Phi) is 7.32. The summed E-state index contributed by atoms with van der Waals surface area (Å²) >= 11 is 2.92. The zero-order chi connectivity index (χ0) is 22.2. The van der Waals surface area contributed by atoms with Crippen LogP contribution in [0, 0.1) is 0 Å². The highest BCUT2D eigenvalue weighted by molar-refractivity contribution is 8.01. The molecular weight excluding hydrogens is 438 g/mol. The van der Waals surface area contributed by atoms with Crippen molar-refractivity contribution in [1.82, 2.24) is 10.3 Å². The first-order chi connectivity index (χ1) is 15.7. The second kappa shape index (κ2) is 10.7. The van der Waals surface area contributed by atoms with E-state index in [9.17, 15) is 9.59 Å². The van der Waals surface area contributed by atoms with Gasteiger partial charge in [-0.25, -0.2) is 4.98 Å².